The van der Waals surface area contributed by atoms with Gasteiger partial charge in [0.1, 0.15) is 0 Å². The lowest BCUT2D eigenvalue weighted by molar-refractivity contribution is 0.122. The first-order valence-corrected chi connectivity index (χ1v) is 8.95. The van der Waals surface area contributed by atoms with Gasteiger partial charge in [-0.1, -0.05) is 6.42 Å². The van der Waals surface area contributed by atoms with Crippen molar-refractivity contribution in [2.45, 2.75) is 38.6 Å². The fourth-order valence-corrected chi connectivity index (χ4v) is 3.48. The number of aromatic nitrogens is 4. The number of hydrogen-bond donors (Lipinski definition) is 2. The molecule has 0 spiro atoms. The van der Waals surface area contributed by atoms with Gasteiger partial charge in [0, 0.05) is 18.8 Å². The number of ether oxygens (including phenoxy) is 1. The van der Waals surface area contributed by atoms with Gasteiger partial charge in [-0.25, -0.2) is 9.37 Å². The molecule has 1 fully saturated rings. The van der Waals surface area contributed by atoms with Crippen LogP contribution in [0.1, 0.15) is 36.2 Å². The summed E-state index contributed by atoms with van der Waals surface area (Å²) in [5.74, 6) is 0.357. The van der Waals surface area contributed by atoms with Crippen LogP contribution in [0.25, 0.3) is 0 Å². The third-order valence-electron chi connectivity index (χ3n) is 4.84. The number of halogens is 1. The second-order valence-electron chi connectivity index (χ2n) is 6.51. The van der Waals surface area contributed by atoms with Crippen LogP contribution in [0.15, 0.2) is 6.20 Å². The summed E-state index contributed by atoms with van der Waals surface area (Å²) in [6, 6.07) is 0. The van der Waals surface area contributed by atoms with Gasteiger partial charge in [-0.2, -0.15) is 10.1 Å². The molecule has 0 radical (unpaired) electrons. The molecule has 0 saturated carbocycles. The summed E-state index contributed by atoms with van der Waals surface area (Å²) < 4.78 is 19.4. The molecule has 0 aromatic carbocycles. The minimum atomic E-state index is -0.402. The van der Waals surface area contributed by atoms with E-state index in [4.69, 9.17) is 4.74 Å². The van der Waals surface area contributed by atoms with Crippen molar-refractivity contribution in [1.29, 1.82) is 0 Å². The zero-order valence-corrected chi connectivity index (χ0v) is 14.2. The Morgan fingerprint density at radius 2 is 2.04 bits per heavy atom. The molecule has 0 bridgehead atoms. The number of morpholine rings is 1. The highest BCUT2D eigenvalue weighted by atomic mass is 19.1. The molecule has 0 unspecified atom stereocenters. The molecule has 2 N–H and O–H groups in total. The largest absolute Gasteiger partial charge is 0.378 e. The smallest absolute Gasteiger partial charge is 0.225 e. The van der Waals surface area contributed by atoms with E-state index >= 15 is 0 Å². The highest BCUT2D eigenvalue weighted by Gasteiger charge is 2.19. The number of nitrogens with zero attached hydrogens (tertiary/aromatic N) is 4. The van der Waals surface area contributed by atoms with Crippen molar-refractivity contribution in [1.82, 2.24) is 20.2 Å². The summed E-state index contributed by atoms with van der Waals surface area (Å²) in [5, 5.41) is 10.8. The molecule has 3 heterocycles. The van der Waals surface area contributed by atoms with Crippen LogP contribution in [-0.4, -0.2) is 46.5 Å². The van der Waals surface area contributed by atoms with Crippen molar-refractivity contribution in [2.24, 2.45) is 0 Å². The minimum Gasteiger partial charge on any atom is -0.378 e. The fraction of sp³-hybridized carbons (Fsp3) is 0.588. The molecule has 134 valence electrons. The summed E-state index contributed by atoms with van der Waals surface area (Å²) in [6.07, 6.45) is 7.03. The average Bonchev–Trinajstić information content (AvgIpc) is 2.88. The van der Waals surface area contributed by atoms with Gasteiger partial charge in [0.05, 0.1) is 31.6 Å². The Hall–Kier alpha value is -2.22. The number of nitrogens with one attached hydrogen (secondary N) is 2. The fourth-order valence-electron chi connectivity index (χ4n) is 3.48. The standard InChI is InChI=1S/C17H23FN6O/c18-13-10-19-17(21-16(13)24-6-8-25-9-7-24)20-11-15-12-4-2-1-3-5-14(12)22-23-15/h10H,1-9,11H2,(H,22,23)(H,19,20,21). The molecule has 1 aliphatic carbocycles. The summed E-state index contributed by atoms with van der Waals surface area (Å²) in [7, 11) is 0. The summed E-state index contributed by atoms with van der Waals surface area (Å²) in [6.45, 7) is 3.00. The van der Waals surface area contributed by atoms with Crippen molar-refractivity contribution in [2.75, 3.05) is 36.5 Å². The van der Waals surface area contributed by atoms with Crippen molar-refractivity contribution in [3.63, 3.8) is 0 Å². The third-order valence-corrected chi connectivity index (χ3v) is 4.84. The maximum absolute atomic E-state index is 14.1. The van der Waals surface area contributed by atoms with Gasteiger partial charge in [0.25, 0.3) is 0 Å². The zero-order valence-electron chi connectivity index (χ0n) is 14.2. The number of fused-ring (bicyclic) bond motifs is 1. The van der Waals surface area contributed by atoms with Crippen LogP contribution in [0.3, 0.4) is 0 Å². The second kappa shape index (κ2) is 7.35. The SMILES string of the molecule is Fc1cnc(NCc2n[nH]c3c2CCCCC3)nc1N1CCOCC1. The predicted molar refractivity (Wildman–Crippen MR) is 92.2 cm³/mol. The topological polar surface area (TPSA) is 79.0 Å². The lowest BCUT2D eigenvalue weighted by atomic mass is 10.1. The van der Waals surface area contributed by atoms with Crippen LogP contribution in [0, 0.1) is 5.82 Å². The molecule has 1 saturated heterocycles. The first kappa shape index (κ1) is 16.3. The van der Waals surface area contributed by atoms with Gasteiger partial charge in [0.2, 0.25) is 5.95 Å². The van der Waals surface area contributed by atoms with Crippen molar-refractivity contribution >= 4 is 11.8 Å². The van der Waals surface area contributed by atoms with Gasteiger partial charge in [0.15, 0.2) is 11.6 Å². The number of aryl methyl sites for hydroxylation is 1. The molecular weight excluding hydrogens is 323 g/mol. The molecular formula is C17H23FN6O. The van der Waals surface area contributed by atoms with Crippen LogP contribution in [-0.2, 0) is 24.1 Å². The van der Waals surface area contributed by atoms with Crippen LogP contribution in [0.5, 0.6) is 0 Å². The maximum atomic E-state index is 14.1. The van der Waals surface area contributed by atoms with Crippen LogP contribution >= 0.6 is 0 Å². The van der Waals surface area contributed by atoms with E-state index in [-0.39, 0.29) is 0 Å². The van der Waals surface area contributed by atoms with Crippen LogP contribution < -0.4 is 10.2 Å². The van der Waals surface area contributed by atoms with E-state index < -0.39 is 5.82 Å². The molecule has 2 aromatic heterocycles. The summed E-state index contributed by atoms with van der Waals surface area (Å²) in [5.41, 5.74) is 3.58. The molecule has 4 rings (SSSR count). The number of H-pyrrole nitrogens is 1. The lowest BCUT2D eigenvalue weighted by Gasteiger charge is -2.28. The molecule has 2 aliphatic rings. The normalized spacial score (nSPS) is 17.9. The molecule has 1 aliphatic heterocycles. The Morgan fingerprint density at radius 1 is 1.20 bits per heavy atom. The van der Waals surface area contributed by atoms with Crippen molar-refractivity contribution < 1.29 is 9.13 Å². The monoisotopic (exact) mass is 346 g/mol. The number of anilines is 2. The molecule has 0 amide bonds. The predicted octanol–water partition coefficient (Wildman–Crippen LogP) is 2.06. The Labute approximate surface area is 146 Å². The molecule has 2 aromatic rings. The van der Waals surface area contributed by atoms with Crippen LogP contribution in [0.2, 0.25) is 0 Å². The second-order valence-corrected chi connectivity index (χ2v) is 6.51. The first-order valence-electron chi connectivity index (χ1n) is 8.95. The van der Waals surface area contributed by atoms with E-state index in [1.54, 1.807) is 0 Å². The van der Waals surface area contributed by atoms with E-state index in [1.807, 2.05) is 4.90 Å². The molecule has 8 heteroatoms. The highest BCUT2D eigenvalue weighted by molar-refractivity contribution is 5.44. The minimum absolute atomic E-state index is 0.335. The van der Waals surface area contributed by atoms with Gasteiger partial charge in [-0.05, 0) is 31.2 Å². The van der Waals surface area contributed by atoms with Crippen LogP contribution in [0.4, 0.5) is 16.2 Å². The van der Waals surface area contributed by atoms with Gasteiger partial charge in [-0.15, -0.1) is 0 Å². The summed E-state index contributed by atoms with van der Waals surface area (Å²) in [4.78, 5) is 10.3. The van der Waals surface area contributed by atoms with Gasteiger partial charge >= 0.3 is 0 Å². The summed E-state index contributed by atoms with van der Waals surface area (Å²) >= 11 is 0. The van der Waals surface area contributed by atoms with Gasteiger partial charge < -0.3 is 15.0 Å². The van der Waals surface area contributed by atoms with E-state index in [0.29, 0.717) is 44.6 Å². The average molecular weight is 346 g/mol. The number of aromatic amines is 1. The van der Waals surface area contributed by atoms with Crippen molar-refractivity contribution in [3.05, 3.63) is 29.0 Å². The Bertz CT molecular complexity index is 728. The number of hydrogen-bond acceptors (Lipinski definition) is 6. The van der Waals surface area contributed by atoms with E-state index in [0.717, 1.165) is 18.5 Å². The Kier molecular flexibility index (Phi) is 4.78. The highest BCUT2D eigenvalue weighted by Crippen LogP contribution is 2.23. The molecule has 25 heavy (non-hydrogen) atoms. The number of rotatable bonds is 4. The Balaban J connectivity index is 1.47. The quantitative estimate of drug-likeness (QED) is 0.825. The third kappa shape index (κ3) is 3.58. The van der Waals surface area contributed by atoms with E-state index in [2.05, 4.69) is 25.5 Å². The maximum Gasteiger partial charge on any atom is 0.225 e. The zero-order chi connectivity index (χ0) is 17.1. The lowest BCUT2D eigenvalue weighted by Crippen LogP contribution is -2.37. The van der Waals surface area contributed by atoms with Crippen molar-refractivity contribution in [3.8, 4) is 0 Å². The first-order chi connectivity index (χ1) is 12.3. The van der Waals surface area contributed by atoms with Gasteiger partial charge in [-0.3, -0.25) is 5.10 Å². The van der Waals surface area contributed by atoms with E-state index in [1.165, 1.54) is 36.7 Å². The molecule has 0 atom stereocenters. The molecule has 7 nitrogen and oxygen atoms in total. The van der Waals surface area contributed by atoms with E-state index in [9.17, 15) is 4.39 Å². The Morgan fingerprint density at radius 3 is 2.92 bits per heavy atom.